The molecule has 4 unspecified atom stereocenters. The number of methoxy groups -OCH3 is 1. The Morgan fingerprint density at radius 2 is 2.03 bits per heavy atom. The minimum absolute atomic E-state index is 0.0657. The monoisotopic (exact) mass is 476 g/mol. The topological polar surface area (TPSA) is 110 Å². The van der Waals surface area contributed by atoms with Crippen molar-refractivity contribution in [2.75, 3.05) is 40.0 Å². The van der Waals surface area contributed by atoms with Crippen molar-refractivity contribution in [2.45, 2.75) is 62.9 Å². The molecule has 1 fully saturated rings. The van der Waals surface area contributed by atoms with E-state index in [1.54, 1.807) is 7.11 Å². The zero-order valence-electron chi connectivity index (χ0n) is 20.3. The van der Waals surface area contributed by atoms with Gasteiger partial charge >= 0.3 is 0 Å². The van der Waals surface area contributed by atoms with Gasteiger partial charge in [-0.05, 0) is 38.5 Å². The predicted molar refractivity (Wildman–Crippen MR) is 136 cm³/mol. The molecule has 0 saturated carbocycles. The Kier molecular flexibility index (Phi) is 8.22. The highest BCUT2D eigenvalue weighted by Gasteiger charge is 2.35. The van der Waals surface area contributed by atoms with E-state index in [-0.39, 0.29) is 23.7 Å². The second kappa shape index (κ2) is 10.9. The molecule has 0 radical (unpaired) electrons. The van der Waals surface area contributed by atoms with Crippen molar-refractivity contribution in [1.82, 2.24) is 20.9 Å². The van der Waals surface area contributed by atoms with Crippen molar-refractivity contribution in [2.24, 2.45) is 11.5 Å². The number of likely N-dealkylation sites (tertiary alicyclic amines) is 1. The van der Waals surface area contributed by atoms with Crippen molar-refractivity contribution in [3.8, 4) is 5.75 Å². The number of nitrogens with one attached hydrogen (secondary N) is 3. The Morgan fingerprint density at radius 1 is 1.24 bits per heavy atom. The highest BCUT2D eigenvalue weighted by atomic mass is 32.2. The van der Waals surface area contributed by atoms with Crippen LogP contribution < -0.4 is 32.2 Å². The van der Waals surface area contributed by atoms with E-state index in [4.69, 9.17) is 20.9 Å². The summed E-state index contributed by atoms with van der Waals surface area (Å²) in [5, 5.41) is 11.0. The van der Waals surface area contributed by atoms with Crippen LogP contribution in [-0.2, 0) is 4.74 Å². The second-order valence-corrected chi connectivity index (χ2v) is 11.0. The summed E-state index contributed by atoms with van der Waals surface area (Å²) in [6.45, 7) is 10.5. The van der Waals surface area contributed by atoms with E-state index in [9.17, 15) is 0 Å². The molecule has 1 saturated heterocycles. The van der Waals surface area contributed by atoms with Crippen LogP contribution in [0.5, 0.6) is 5.75 Å². The average Bonchev–Trinajstić information content (AvgIpc) is 3.06. The highest BCUT2D eigenvalue weighted by molar-refractivity contribution is 8.04. The standard InChI is InChI=1S/C24H40N6O2S/c1-14(2)27-23(28-15(3)25)24-29-22-19-6-5-16(9-20(19)32-8-7-21(22)33-24)17-10-30(11-17)12-18(26)13-31-4/h5-6,9,14-15,17-18,23-24,27-29H,7-8,10-13,25-26H2,1-4H3. The summed E-state index contributed by atoms with van der Waals surface area (Å²) in [4.78, 5) is 3.75. The van der Waals surface area contributed by atoms with Crippen LogP contribution in [0.2, 0.25) is 0 Å². The van der Waals surface area contributed by atoms with Crippen LogP contribution in [0.25, 0.3) is 5.70 Å². The van der Waals surface area contributed by atoms with Gasteiger partial charge in [0.1, 0.15) is 11.1 Å². The van der Waals surface area contributed by atoms with Crippen molar-refractivity contribution in [1.29, 1.82) is 0 Å². The first-order chi connectivity index (χ1) is 15.8. The van der Waals surface area contributed by atoms with Crippen LogP contribution >= 0.6 is 11.8 Å². The first-order valence-corrected chi connectivity index (χ1v) is 12.9. The van der Waals surface area contributed by atoms with Crippen LogP contribution in [0.4, 0.5) is 0 Å². The molecule has 4 rings (SSSR count). The maximum atomic E-state index is 6.20. The van der Waals surface area contributed by atoms with E-state index < -0.39 is 0 Å². The number of thioether (sulfide) groups is 1. The molecule has 1 aromatic carbocycles. The summed E-state index contributed by atoms with van der Waals surface area (Å²) in [5.41, 5.74) is 15.9. The second-order valence-electron chi connectivity index (χ2n) is 9.72. The third-order valence-corrected chi connectivity index (χ3v) is 7.59. The molecule has 3 aliphatic rings. The molecule has 0 amide bonds. The Balaban J connectivity index is 1.43. The first kappa shape index (κ1) is 24.8. The number of nitrogens with zero attached hydrogens (tertiary/aromatic N) is 1. The van der Waals surface area contributed by atoms with Gasteiger partial charge in [-0.1, -0.05) is 6.07 Å². The zero-order chi connectivity index (χ0) is 23.5. The molecule has 7 N–H and O–H groups in total. The zero-order valence-corrected chi connectivity index (χ0v) is 21.1. The van der Waals surface area contributed by atoms with Gasteiger partial charge in [0.25, 0.3) is 0 Å². The summed E-state index contributed by atoms with van der Waals surface area (Å²) >= 11 is 1.88. The minimum atomic E-state index is -0.0895. The molecular weight excluding hydrogens is 436 g/mol. The lowest BCUT2D eigenvalue weighted by Crippen LogP contribution is -2.59. The summed E-state index contributed by atoms with van der Waals surface area (Å²) in [6, 6.07) is 7.16. The van der Waals surface area contributed by atoms with Gasteiger partial charge in [0.15, 0.2) is 0 Å². The molecule has 0 aromatic heterocycles. The quantitative estimate of drug-likeness (QED) is 0.320. The van der Waals surface area contributed by atoms with Gasteiger partial charge < -0.3 is 31.2 Å². The largest absolute Gasteiger partial charge is 0.493 e. The Hall–Kier alpha value is -1.33. The molecule has 184 valence electrons. The number of rotatable bonds is 10. The Morgan fingerprint density at radius 3 is 2.73 bits per heavy atom. The normalized spacial score (nSPS) is 23.8. The molecule has 33 heavy (non-hydrogen) atoms. The number of fused-ring (bicyclic) bond motifs is 2. The van der Waals surface area contributed by atoms with Crippen LogP contribution in [0, 0.1) is 0 Å². The lowest BCUT2D eigenvalue weighted by molar-refractivity contribution is 0.107. The molecule has 0 bridgehead atoms. The van der Waals surface area contributed by atoms with E-state index in [1.165, 1.54) is 16.2 Å². The molecule has 0 spiro atoms. The fraction of sp³-hybridized carbons (Fsp3) is 0.667. The Labute approximate surface area is 202 Å². The number of ether oxygens (including phenoxy) is 2. The van der Waals surface area contributed by atoms with E-state index in [1.807, 2.05) is 18.7 Å². The summed E-state index contributed by atoms with van der Waals surface area (Å²) in [5.74, 6) is 1.51. The number of nitrogens with two attached hydrogens (primary N) is 2. The summed E-state index contributed by atoms with van der Waals surface area (Å²) < 4.78 is 11.4. The summed E-state index contributed by atoms with van der Waals surface area (Å²) in [6.07, 6.45) is 0.888. The third-order valence-electron chi connectivity index (χ3n) is 6.26. The van der Waals surface area contributed by atoms with Gasteiger partial charge in [-0.2, -0.15) is 0 Å². The van der Waals surface area contributed by atoms with Gasteiger partial charge in [0, 0.05) is 61.6 Å². The van der Waals surface area contributed by atoms with E-state index in [2.05, 4.69) is 52.9 Å². The number of hydrogen-bond donors (Lipinski definition) is 5. The first-order valence-electron chi connectivity index (χ1n) is 12.0. The smallest absolute Gasteiger partial charge is 0.128 e. The fourth-order valence-corrected chi connectivity index (χ4v) is 6.06. The highest BCUT2D eigenvalue weighted by Crippen LogP contribution is 2.44. The fourth-order valence-electron chi connectivity index (χ4n) is 4.79. The van der Waals surface area contributed by atoms with Crippen LogP contribution in [0.3, 0.4) is 0 Å². The van der Waals surface area contributed by atoms with Crippen LogP contribution in [0.1, 0.15) is 44.2 Å². The third kappa shape index (κ3) is 6.03. The van der Waals surface area contributed by atoms with Gasteiger partial charge in [0.2, 0.25) is 0 Å². The SMILES string of the molecule is COCC(N)CN1CC(c2ccc3c(c2)OCCC2=C3NC(C(NC(C)C)NC(C)N)S2)C1. The maximum absolute atomic E-state index is 6.20. The lowest BCUT2D eigenvalue weighted by Gasteiger charge is -2.41. The van der Waals surface area contributed by atoms with Gasteiger partial charge in [0.05, 0.1) is 31.2 Å². The number of benzene rings is 1. The molecule has 4 atom stereocenters. The van der Waals surface area contributed by atoms with Gasteiger partial charge in [-0.15, -0.1) is 11.8 Å². The molecular formula is C24H40N6O2S. The van der Waals surface area contributed by atoms with Crippen molar-refractivity contribution in [3.05, 3.63) is 34.2 Å². The van der Waals surface area contributed by atoms with E-state index in [0.717, 1.165) is 37.4 Å². The molecule has 1 aromatic rings. The minimum Gasteiger partial charge on any atom is -0.493 e. The molecule has 0 aliphatic carbocycles. The van der Waals surface area contributed by atoms with Gasteiger partial charge in [-0.3, -0.25) is 10.6 Å². The molecule has 3 aliphatic heterocycles. The maximum Gasteiger partial charge on any atom is 0.128 e. The van der Waals surface area contributed by atoms with Crippen LogP contribution in [0.15, 0.2) is 23.1 Å². The van der Waals surface area contributed by atoms with E-state index in [0.29, 0.717) is 25.2 Å². The summed E-state index contributed by atoms with van der Waals surface area (Å²) in [7, 11) is 1.70. The number of hydrogen-bond acceptors (Lipinski definition) is 9. The Bertz CT molecular complexity index is 832. The van der Waals surface area contributed by atoms with Crippen molar-refractivity contribution < 1.29 is 9.47 Å². The molecule has 9 heteroatoms. The molecule has 8 nitrogen and oxygen atoms in total. The van der Waals surface area contributed by atoms with Crippen LogP contribution in [-0.4, -0.2) is 74.6 Å². The van der Waals surface area contributed by atoms with E-state index >= 15 is 0 Å². The predicted octanol–water partition coefficient (Wildman–Crippen LogP) is 1.39. The lowest BCUT2D eigenvalue weighted by atomic mass is 9.90. The average molecular weight is 477 g/mol. The van der Waals surface area contributed by atoms with Crippen molar-refractivity contribution >= 4 is 17.5 Å². The molecule has 3 heterocycles. The van der Waals surface area contributed by atoms with Gasteiger partial charge in [-0.25, -0.2) is 0 Å². The van der Waals surface area contributed by atoms with Crippen molar-refractivity contribution in [3.63, 3.8) is 0 Å².